The van der Waals surface area contributed by atoms with Gasteiger partial charge in [-0.3, -0.25) is 9.97 Å². The summed E-state index contributed by atoms with van der Waals surface area (Å²) in [4.78, 5) is 9.91. The normalized spacial score (nSPS) is 10.9. The Kier molecular flexibility index (Phi) is 6.84. The average Bonchev–Trinajstić information content (AvgIpc) is 2.90. The van der Waals surface area contributed by atoms with Gasteiger partial charge in [0.05, 0.1) is 11.4 Å². The Hall–Kier alpha value is -3.61. The third-order valence-electron chi connectivity index (χ3n) is 6.20. The maximum absolute atomic E-state index is 4.95. The first kappa shape index (κ1) is 23.1. The van der Waals surface area contributed by atoms with E-state index in [1.807, 2.05) is 24.3 Å². The van der Waals surface area contributed by atoms with E-state index < -0.39 is 0 Å². The predicted molar refractivity (Wildman–Crippen MR) is 139 cm³/mol. The van der Waals surface area contributed by atoms with Crippen LogP contribution in [0.15, 0.2) is 109 Å². The van der Waals surface area contributed by atoms with Crippen molar-refractivity contribution in [3.63, 3.8) is 0 Å². The molecule has 2 aromatic heterocycles. The molecule has 2 nitrogen and oxygen atoms in total. The van der Waals surface area contributed by atoms with Gasteiger partial charge in [0.15, 0.2) is 0 Å². The molecule has 0 aliphatic heterocycles. The van der Waals surface area contributed by atoms with E-state index in [0.717, 1.165) is 46.7 Å². The molecule has 0 radical (unpaired) electrons. The first-order valence-corrected chi connectivity index (χ1v) is 11.5. The van der Waals surface area contributed by atoms with Gasteiger partial charge in [0.1, 0.15) is 0 Å². The molecule has 4 aromatic carbocycles. The number of nitrogens with zero attached hydrogens (tertiary/aromatic N) is 2. The summed E-state index contributed by atoms with van der Waals surface area (Å²) >= 11 is 0. The molecule has 0 atom stereocenters. The van der Waals surface area contributed by atoms with Gasteiger partial charge in [-0.25, -0.2) is 0 Å². The third kappa shape index (κ3) is 4.94. The van der Waals surface area contributed by atoms with Crippen LogP contribution in [0.25, 0.3) is 32.9 Å². The Morgan fingerprint density at radius 2 is 0.943 bits per heavy atom. The second-order valence-corrected chi connectivity index (χ2v) is 8.47. The van der Waals surface area contributed by atoms with Crippen molar-refractivity contribution in [1.29, 1.82) is 0 Å². The van der Waals surface area contributed by atoms with Gasteiger partial charge in [0, 0.05) is 11.4 Å². The molecule has 3 heteroatoms. The fourth-order valence-electron chi connectivity index (χ4n) is 4.55. The third-order valence-corrected chi connectivity index (χ3v) is 6.20. The fraction of sp³-hybridized carbons (Fsp3) is 0.0625. The summed E-state index contributed by atoms with van der Waals surface area (Å²) in [5, 5.41) is 4.91. The maximum atomic E-state index is 4.95. The Labute approximate surface area is 220 Å². The molecule has 0 aliphatic rings. The van der Waals surface area contributed by atoms with Crippen LogP contribution in [0.5, 0.6) is 0 Å². The number of fused-ring (bicyclic) bond motifs is 2. The summed E-state index contributed by atoms with van der Waals surface area (Å²) in [5.41, 5.74) is 6.13. The molecule has 0 aliphatic carbocycles. The largest absolute Gasteiger partial charge is 2.00 e. The zero-order valence-corrected chi connectivity index (χ0v) is 21.3. The Bertz CT molecular complexity index is 1490. The predicted octanol–water partition coefficient (Wildman–Crippen LogP) is 7.23. The molecule has 0 saturated heterocycles. The van der Waals surface area contributed by atoms with Crippen molar-refractivity contribution in [1.82, 2.24) is 9.97 Å². The number of aromatic nitrogens is 2. The van der Waals surface area contributed by atoms with E-state index in [4.69, 9.17) is 9.97 Å². The van der Waals surface area contributed by atoms with E-state index in [1.165, 1.54) is 21.5 Å². The van der Waals surface area contributed by atoms with Crippen molar-refractivity contribution in [2.75, 3.05) is 0 Å². The molecule has 2 heterocycles. The Balaban J connectivity index is 0.00000253. The topological polar surface area (TPSA) is 25.8 Å². The van der Waals surface area contributed by atoms with Crippen LogP contribution in [0.3, 0.4) is 0 Å². The molecule has 0 fully saturated rings. The van der Waals surface area contributed by atoms with E-state index in [0.29, 0.717) is 0 Å². The molecular formula is C32H22N2Pt. The summed E-state index contributed by atoms with van der Waals surface area (Å²) in [6.07, 6.45) is 1.47. The van der Waals surface area contributed by atoms with E-state index in [9.17, 15) is 0 Å². The number of benzene rings is 4. The molecule has 170 valence electrons. The maximum Gasteiger partial charge on any atom is 2.00 e. The minimum atomic E-state index is 0. The number of hydrogen-bond donors (Lipinski definition) is 0. The first-order valence-electron chi connectivity index (χ1n) is 11.5. The minimum absolute atomic E-state index is 0. The standard InChI is InChI=1S/C32H22N2.Pt/c1-3-17-29-23(9-1)11-5-13-25(29)21-27-15-7-19-31(33-27)32-20-8-16-28(34-32)22-26-14-6-12-24-10-2-4-18-30(24)26;/h1-12,15-20H,21-22H2;/q-2;+2. The summed E-state index contributed by atoms with van der Waals surface area (Å²) in [6.45, 7) is 0. The van der Waals surface area contributed by atoms with Crippen LogP contribution in [0, 0.1) is 12.1 Å². The van der Waals surface area contributed by atoms with Crippen molar-refractivity contribution < 1.29 is 21.1 Å². The first-order chi connectivity index (χ1) is 16.8. The molecule has 35 heavy (non-hydrogen) atoms. The second-order valence-electron chi connectivity index (χ2n) is 8.47. The van der Waals surface area contributed by atoms with Gasteiger partial charge >= 0.3 is 21.1 Å². The molecule has 6 rings (SSSR count). The van der Waals surface area contributed by atoms with E-state index >= 15 is 0 Å². The van der Waals surface area contributed by atoms with Crippen molar-refractivity contribution in [3.8, 4) is 11.4 Å². The van der Waals surface area contributed by atoms with Gasteiger partial charge in [-0.05, 0) is 37.1 Å². The van der Waals surface area contributed by atoms with Crippen molar-refractivity contribution in [3.05, 3.63) is 144 Å². The van der Waals surface area contributed by atoms with Gasteiger partial charge in [0.2, 0.25) is 0 Å². The number of rotatable bonds is 5. The molecule has 6 aromatic rings. The van der Waals surface area contributed by atoms with Crippen LogP contribution in [0.1, 0.15) is 22.5 Å². The van der Waals surface area contributed by atoms with Gasteiger partial charge in [-0.1, -0.05) is 48.5 Å². The zero-order chi connectivity index (χ0) is 22.7. The molecule has 0 N–H and O–H groups in total. The average molecular weight is 630 g/mol. The van der Waals surface area contributed by atoms with Gasteiger partial charge in [-0.2, -0.15) is 36.4 Å². The molecule has 0 saturated carbocycles. The molecule has 0 spiro atoms. The number of pyridine rings is 2. The molecule has 0 amide bonds. The van der Waals surface area contributed by atoms with Gasteiger partial charge in [0.25, 0.3) is 0 Å². The monoisotopic (exact) mass is 629 g/mol. The molecule has 0 bridgehead atoms. The fourth-order valence-corrected chi connectivity index (χ4v) is 4.55. The summed E-state index contributed by atoms with van der Waals surface area (Å²) < 4.78 is 0. The summed E-state index contributed by atoms with van der Waals surface area (Å²) in [6, 6.07) is 44.2. The van der Waals surface area contributed by atoms with Crippen LogP contribution >= 0.6 is 0 Å². The number of hydrogen-bond acceptors (Lipinski definition) is 2. The van der Waals surface area contributed by atoms with Gasteiger partial charge < -0.3 is 0 Å². The van der Waals surface area contributed by atoms with Crippen molar-refractivity contribution in [2.24, 2.45) is 0 Å². The summed E-state index contributed by atoms with van der Waals surface area (Å²) in [5.74, 6) is 0. The Morgan fingerprint density at radius 1 is 0.486 bits per heavy atom. The molecule has 0 unspecified atom stereocenters. The van der Waals surface area contributed by atoms with Crippen LogP contribution in [-0.2, 0) is 33.9 Å². The quantitative estimate of drug-likeness (QED) is 0.188. The van der Waals surface area contributed by atoms with Crippen LogP contribution in [0.2, 0.25) is 0 Å². The molecular weight excluding hydrogens is 607 g/mol. The van der Waals surface area contributed by atoms with Gasteiger partial charge in [-0.15, -0.1) is 44.8 Å². The van der Waals surface area contributed by atoms with Crippen molar-refractivity contribution >= 4 is 21.5 Å². The SMILES string of the molecule is [Pt+2].[c-]1ccc2ccccc2c1Cc1cccc(-c2cccc(Cc3[c-]ccc4ccccc34)n2)n1. The van der Waals surface area contributed by atoms with Crippen molar-refractivity contribution in [2.45, 2.75) is 12.8 Å². The van der Waals surface area contributed by atoms with Crippen LogP contribution in [0.4, 0.5) is 0 Å². The van der Waals surface area contributed by atoms with E-state index in [2.05, 4.69) is 97.1 Å². The van der Waals surface area contributed by atoms with E-state index in [1.54, 1.807) is 0 Å². The second kappa shape index (κ2) is 10.3. The Morgan fingerprint density at radius 3 is 1.43 bits per heavy atom. The summed E-state index contributed by atoms with van der Waals surface area (Å²) in [7, 11) is 0. The smallest absolute Gasteiger partial charge is 0.251 e. The van der Waals surface area contributed by atoms with Crippen LogP contribution < -0.4 is 0 Å². The van der Waals surface area contributed by atoms with E-state index in [-0.39, 0.29) is 21.1 Å². The zero-order valence-electron chi connectivity index (χ0n) is 19.0. The minimum Gasteiger partial charge on any atom is -0.251 e. The van der Waals surface area contributed by atoms with Crippen LogP contribution in [-0.4, -0.2) is 9.97 Å².